The number of halogens is 1. The average Bonchev–Trinajstić information content (AvgIpc) is 2.48. The predicted octanol–water partition coefficient (Wildman–Crippen LogP) is 5.38. The van der Waals surface area contributed by atoms with Crippen molar-refractivity contribution in [2.24, 2.45) is 0 Å². The average molecular weight is 297 g/mol. The topological polar surface area (TPSA) is 25.8 Å². The smallest absolute Gasteiger partial charge is 0.161 e. The van der Waals surface area contributed by atoms with E-state index in [1.165, 1.54) is 5.56 Å². The molecule has 0 unspecified atom stereocenters. The highest BCUT2D eigenvalue weighted by Gasteiger charge is 2.09. The van der Waals surface area contributed by atoms with Crippen LogP contribution in [0.15, 0.2) is 42.5 Å². The first-order chi connectivity index (χ1) is 10.1. The van der Waals surface area contributed by atoms with Crippen molar-refractivity contribution >= 4 is 22.5 Å². The molecular weight excluding hydrogens is 280 g/mol. The van der Waals surface area contributed by atoms with Crippen molar-refractivity contribution in [3.63, 3.8) is 0 Å². The Hall–Kier alpha value is -1.93. The van der Waals surface area contributed by atoms with Crippen molar-refractivity contribution in [1.29, 1.82) is 0 Å². The second-order valence-corrected chi connectivity index (χ2v) is 5.94. The fraction of sp³-hybridized carbons (Fsp3) is 0.222. The van der Waals surface area contributed by atoms with Crippen molar-refractivity contribution in [1.82, 2.24) is 9.97 Å². The van der Waals surface area contributed by atoms with Crippen LogP contribution in [0.4, 0.5) is 0 Å². The molecule has 0 fully saturated rings. The van der Waals surface area contributed by atoms with E-state index in [0.29, 0.717) is 16.9 Å². The molecule has 3 heteroatoms. The van der Waals surface area contributed by atoms with E-state index in [0.717, 1.165) is 22.0 Å². The monoisotopic (exact) mass is 296 g/mol. The molecule has 3 aromatic rings. The van der Waals surface area contributed by atoms with Crippen molar-refractivity contribution in [3.05, 3.63) is 58.7 Å². The van der Waals surface area contributed by atoms with E-state index in [9.17, 15) is 0 Å². The van der Waals surface area contributed by atoms with Crippen molar-refractivity contribution in [2.75, 3.05) is 0 Å². The van der Waals surface area contributed by atoms with Gasteiger partial charge in [-0.2, -0.15) is 0 Å². The summed E-state index contributed by atoms with van der Waals surface area (Å²) in [6.45, 7) is 6.40. The van der Waals surface area contributed by atoms with Gasteiger partial charge in [0.15, 0.2) is 5.82 Å². The molecule has 0 saturated heterocycles. The van der Waals surface area contributed by atoms with Gasteiger partial charge in [-0.25, -0.2) is 9.97 Å². The largest absolute Gasteiger partial charge is 0.228 e. The number of nitrogens with zero attached hydrogens (tertiary/aromatic N) is 2. The zero-order chi connectivity index (χ0) is 15.0. The maximum atomic E-state index is 6.31. The molecule has 2 nitrogen and oxygen atoms in total. The third-order valence-corrected chi connectivity index (χ3v) is 4.01. The molecule has 0 aliphatic heterocycles. The van der Waals surface area contributed by atoms with E-state index < -0.39 is 0 Å². The van der Waals surface area contributed by atoms with Crippen LogP contribution in [0.2, 0.25) is 5.15 Å². The fourth-order valence-electron chi connectivity index (χ4n) is 2.40. The number of aromatic nitrogens is 2. The lowest BCUT2D eigenvalue weighted by Crippen LogP contribution is -1.94. The summed E-state index contributed by atoms with van der Waals surface area (Å²) in [6, 6.07) is 14.3. The Morgan fingerprint density at radius 3 is 2.33 bits per heavy atom. The van der Waals surface area contributed by atoms with Crippen LogP contribution in [0.1, 0.15) is 30.9 Å². The van der Waals surface area contributed by atoms with Gasteiger partial charge in [-0.3, -0.25) is 0 Å². The number of rotatable bonds is 2. The lowest BCUT2D eigenvalue weighted by Gasteiger charge is -2.08. The van der Waals surface area contributed by atoms with Gasteiger partial charge in [0.1, 0.15) is 5.15 Å². The van der Waals surface area contributed by atoms with Gasteiger partial charge in [0.05, 0.1) is 5.52 Å². The first-order valence-electron chi connectivity index (χ1n) is 7.09. The fourth-order valence-corrected chi connectivity index (χ4v) is 2.64. The van der Waals surface area contributed by atoms with E-state index >= 15 is 0 Å². The summed E-state index contributed by atoms with van der Waals surface area (Å²) in [5.41, 5.74) is 4.32. The van der Waals surface area contributed by atoms with Crippen LogP contribution in [0, 0.1) is 6.92 Å². The summed E-state index contributed by atoms with van der Waals surface area (Å²) in [5, 5.41) is 1.41. The van der Waals surface area contributed by atoms with Crippen LogP contribution in [0.5, 0.6) is 0 Å². The molecule has 106 valence electrons. The predicted molar refractivity (Wildman–Crippen MR) is 88.8 cm³/mol. The molecule has 2 aromatic carbocycles. The highest BCUT2D eigenvalue weighted by atomic mass is 35.5. The molecule has 0 spiro atoms. The summed E-state index contributed by atoms with van der Waals surface area (Å²) in [7, 11) is 0. The van der Waals surface area contributed by atoms with Crippen molar-refractivity contribution in [2.45, 2.75) is 26.7 Å². The SMILES string of the molecule is Cc1cccc2c(Cl)nc(-c3ccc(C(C)C)cc3)nc12. The Kier molecular flexibility index (Phi) is 3.64. The molecule has 0 atom stereocenters. The molecular formula is C18H17ClN2. The molecule has 0 aliphatic carbocycles. The lowest BCUT2D eigenvalue weighted by molar-refractivity contribution is 0.867. The third kappa shape index (κ3) is 2.64. The lowest BCUT2D eigenvalue weighted by atomic mass is 10.0. The Balaban J connectivity index is 2.14. The normalized spacial score (nSPS) is 11.3. The van der Waals surface area contributed by atoms with Gasteiger partial charge in [-0.05, 0) is 30.0 Å². The molecule has 0 aliphatic rings. The molecule has 0 bridgehead atoms. The Labute approximate surface area is 129 Å². The minimum Gasteiger partial charge on any atom is -0.228 e. The summed E-state index contributed by atoms with van der Waals surface area (Å²) in [6.07, 6.45) is 0. The number of para-hydroxylation sites is 1. The molecule has 1 heterocycles. The second kappa shape index (κ2) is 5.45. The van der Waals surface area contributed by atoms with Crippen LogP contribution in [-0.2, 0) is 0 Å². The van der Waals surface area contributed by atoms with E-state index in [-0.39, 0.29) is 0 Å². The van der Waals surface area contributed by atoms with Crippen LogP contribution < -0.4 is 0 Å². The van der Waals surface area contributed by atoms with E-state index in [1.54, 1.807) is 0 Å². The number of hydrogen-bond acceptors (Lipinski definition) is 2. The zero-order valence-electron chi connectivity index (χ0n) is 12.4. The molecule has 0 radical (unpaired) electrons. The first-order valence-corrected chi connectivity index (χ1v) is 7.47. The zero-order valence-corrected chi connectivity index (χ0v) is 13.1. The number of aryl methyl sites for hydroxylation is 1. The molecule has 0 N–H and O–H groups in total. The standard InChI is InChI=1S/C18H17ClN2/c1-11(2)13-7-9-14(10-8-13)18-20-16-12(3)5-4-6-15(16)17(19)21-18/h4-11H,1-3H3. The highest BCUT2D eigenvalue weighted by Crippen LogP contribution is 2.27. The van der Waals surface area contributed by atoms with Crippen LogP contribution in [0.25, 0.3) is 22.3 Å². The van der Waals surface area contributed by atoms with E-state index in [2.05, 4.69) is 48.1 Å². The highest BCUT2D eigenvalue weighted by molar-refractivity contribution is 6.34. The van der Waals surface area contributed by atoms with Gasteiger partial charge in [0.2, 0.25) is 0 Å². The van der Waals surface area contributed by atoms with Crippen LogP contribution >= 0.6 is 11.6 Å². The summed E-state index contributed by atoms with van der Waals surface area (Å²) in [5.74, 6) is 1.19. The summed E-state index contributed by atoms with van der Waals surface area (Å²) in [4.78, 5) is 9.13. The summed E-state index contributed by atoms with van der Waals surface area (Å²) < 4.78 is 0. The minimum absolute atomic E-state index is 0.506. The van der Waals surface area contributed by atoms with Gasteiger partial charge in [-0.15, -0.1) is 0 Å². The first kappa shape index (κ1) is 14.0. The van der Waals surface area contributed by atoms with Gasteiger partial charge < -0.3 is 0 Å². The number of benzene rings is 2. The Morgan fingerprint density at radius 2 is 1.67 bits per heavy atom. The molecule has 0 amide bonds. The van der Waals surface area contributed by atoms with Gasteiger partial charge in [-0.1, -0.05) is 61.8 Å². The third-order valence-electron chi connectivity index (χ3n) is 3.72. The van der Waals surface area contributed by atoms with Gasteiger partial charge >= 0.3 is 0 Å². The van der Waals surface area contributed by atoms with Gasteiger partial charge in [0.25, 0.3) is 0 Å². The Bertz CT molecular complexity index is 792. The van der Waals surface area contributed by atoms with E-state index in [4.69, 9.17) is 11.6 Å². The molecule has 0 saturated carbocycles. The quantitative estimate of drug-likeness (QED) is 0.593. The summed E-state index contributed by atoms with van der Waals surface area (Å²) >= 11 is 6.31. The number of hydrogen-bond donors (Lipinski definition) is 0. The van der Waals surface area contributed by atoms with Crippen LogP contribution in [0.3, 0.4) is 0 Å². The van der Waals surface area contributed by atoms with Crippen molar-refractivity contribution in [3.8, 4) is 11.4 Å². The number of fused-ring (bicyclic) bond motifs is 1. The molecule has 21 heavy (non-hydrogen) atoms. The minimum atomic E-state index is 0.506. The second-order valence-electron chi connectivity index (χ2n) is 5.59. The van der Waals surface area contributed by atoms with Crippen molar-refractivity contribution < 1.29 is 0 Å². The van der Waals surface area contributed by atoms with Crippen LogP contribution in [-0.4, -0.2) is 9.97 Å². The maximum Gasteiger partial charge on any atom is 0.161 e. The maximum absolute atomic E-state index is 6.31. The molecule has 1 aromatic heterocycles. The van der Waals surface area contributed by atoms with Gasteiger partial charge in [0, 0.05) is 10.9 Å². The Morgan fingerprint density at radius 1 is 0.952 bits per heavy atom. The van der Waals surface area contributed by atoms with E-state index in [1.807, 2.05) is 25.1 Å². The molecule has 3 rings (SSSR count).